The van der Waals surface area contributed by atoms with Crippen LogP contribution in [0.15, 0.2) is 4.99 Å². The van der Waals surface area contributed by atoms with E-state index in [-0.39, 0.29) is 18.1 Å². The molecule has 9 nitrogen and oxygen atoms in total. The third-order valence-corrected chi connectivity index (χ3v) is 4.87. The first-order valence-corrected chi connectivity index (χ1v) is 10.6. The SMILES string of the molecule is CCNC(=O)C(C)(C)CNC(=NC)NCC1C(C)OC(C)(C)N1C(=O)OC(C)(C)C. The largest absolute Gasteiger partial charge is 0.444 e. The van der Waals surface area contributed by atoms with Gasteiger partial charge in [0.1, 0.15) is 11.3 Å². The molecule has 1 heterocycles. The van der Waals surface area contributed by atoms with Gasteiger partial charge in [-0.15, -0.1) is 0 Å². The van der Waals surface area contributed by atoms with Crippen molar-refractivity contribution in [3.05, 3.63) is 0 Å². The maximum Gasteiger partial charge on any atom is 0.412 e. The molecule has 0 spiro atoms. The Bertz CT molecular complexity index is 640. The lowest BCUT2D eigenvalue weighted by Crippen LogP contribution is -2.55. The maximum absolute atomic E-state index is 12.8. The van der Waals surface area contributed by atoms with Gasteiger partial charge in [-0.05, 0) is 62.3 Å². The molecule has 0 aromatic carbocycles. The zero-order chi connectivity index (χ0) is 23.3. The summed E-state index contributed by atoms with van der Waals surface area (Å²) in [5, 5.41) is 9.28. The Balaban J connectivity index is 2.81. The van der Waals surface area contributed by atoms with E-state index in [2.05, 4.69) is 20.9 Å². The number of nitrogens with one attached hydrogen (secondary N) is 3. The van der Waals surface area contributed by atoms with Gasteiger partial charge in [-0.1, -0.05) is 0 Å². The van der Waals surface area contributed by atoms with E-state index in [9.17, 15) is 9.59 Å². The van der Waals surface area contributed by atoms with Crippen LogP contribution in [0.25, 0.3) is 0 Å². The summed E-state index contributed by atoms with van der Waals surface area (Å²) in [5.41, 5.74) is -1.98. The van der Waals surface area contributed by atoms with Crippen LogP contribution >= 0.6 is 0 Å². The predicted octanol–water partition coefficient (Wildman–Crippen LogP) is 2.07. The molecule has 0 bridgehead atoms. The van der Waals surface area contributed by atoms with Crippen molar-refractivity contribution in [2.24, 2.45) is 10.4 Å². The van der Waals surface area contributed by atoms with Crippen LogP contribution in [0.1, 0.15) is 62.3 Å². The number of hydrogen-bond acceptors (Lipinski definition) is 5. The van der Waals surface area contributed by atoms with Crippen LogP contribution in [0.2, 0.25) is 0 Å². The van der Waals surface area contributed by atoms with Crippen molar-refractivity contribution in [3.8, 4) is 0 Å². The fourth-order valence-corrected chi connectivity index (χ4v) is 3.33. The minimum Gasteiger partial charge on any atom is -0.444 e. The van der Waals surface area contributed by atoms with E-state index in [1.807, 2.05) is 62.3 Å². The van der Waals surface area contributed by atoms with Gasteiger partial charge >= 0.3 is 6.09 Å². The van der Waals surface area contributed by atoms with Crippen molar-refractivity contribution in [3.63, 3.8) is 0 Å². The third-order valence-electron chi connectivity index (χ3n) is 4.87. The van der Waals surface area contributed by atoms with Gasteiger partial charge in [-0.25, -0.2) is 4.79 Å². The quantitative estimate of drug-likeness (QED) is 0.443. The highest BCUT2D eigenvalue weighted by Crippen LogP contribution is 2.33. The Morgan fingerprint density at radius 3 is 2.23 bits per heavy atom. The second-order valence-electron chi connectivity index (χ2n) is 9.74. The molecular formula is C21H41N5O4. The average molecular weight is 428 g/mol. The van der Waals surface area contributed by atoms with Gasteiger partial charge in [0.15, 0.2) is 5.96 Å². The molecule has 0 aromatic heterocycles. The number of rotatable bonds is 6. The summed E-state index contributed by atoms with van der Waals surface area (Å²) >= 11 is 0. The molecule has 0 aromatic rings. The summed E-state index contributed by atoms with van der Waals surface area (Å²) in [6.07, 6.45) is -0.603. The van der Waals surface area contributed by atoms with Gasteiger partial charge in [0.05, 0.1) is 17.6 Å². The summed E-state index contributed by atoms with van der Waals surface area (Å²) in [4.78, 5) is 30.9. The molecule has 1 fully saturated rings. The van der Waals surface area contributed by atoms with Crippen molar-refractivity contribution in [1.82, 2.24) is 20.9 Å². The van der Waals surface area contributed by atoms with Crippen molar-refractivity contribution < 1.29 is 19.1 Å². The zero-order valence-electron chi connectivity index (χ0n) is 20.3. The number of carbonyl (C=O) groups is 2. The second-order valence-corrected chi connectivity index (χ2v) is 9.74. The summed E-state index contributed by atoms with van der Waals surface area (Å²) in [6, 6.07) is -0.246. The van der Waals surface area contributed by atoms with Crippen LogP contribution in [-0.2, 0) is 14.3 Å². The normalized spacial score (nSPS) is 21.9. The van der Waals surface area contributed by atoms with Crippen molar-refractivity contribution in [1.29, 1.82) is 0 Å². The molecule has 2 atom stereocenters. The fourth-order valence-electron chi connectivity index (χ4n) is 3.33. The summed E-state index contributed by atoms with van der Waals surface area (Å²) in [5.74, 6) is 0.525. The number of guanidine groups is 1. The van der Waals surface area contributed by atoms with Crippen molar-refractivity contribution >= 4 is 18.0 Å². The second kappa shape index (κ2) is 9.85. The van der Waals surface area contributed by atoms with Crippen molar-refractivity contribution in [2.75, 3.05) is 26.7 Å². The number of amides is 2. The predicted molar refractivity (Wildman–Crippen MR) is 118 cm³/mol. The van der Waals surface area contributed by atoms with Gasteiger partial charge in [0.25, 0.3) is 0 Å². The minimum atomic E-state index is -0.786. The summed E-state index contributed by atoms with van der Waals surface area (Å²) < 4.78 is 11.6. The molecule has 9 heteroatoms. The first kappa shape index (κ1) is 26.0. The molecule has 2 unspecified atom stereocenters. The Hall–Kier alpha value is -2.03. The lowest BCUT2D eigenvalue weighted by atomic mass is 9.92. The highest BCUT2D eigenvalue weighted by molar-refractivity contribution is 5.84. The molecule has 30 heavy (non-hydrogen) atoms. The van der Waals surface area contributed by atoms with Gasteiger partial charge < -0.3 is 25.4 Å². The fraction of sp³-hybridized carbons (Fsp3) is 0.857. The molecule has 174 valence electrons. The van der Waals surface area contributed by atoms with E-state index in [0.29, 0.717) is 25.6 Å². The van der Waals surface area contributed by atoms with Crippen LogP contribution in [0.4, 0.5) is 4.79 Å². The van der Waals surface area contributed by atoms with Crippen LogP contribution in [0.5, 0.6) is 0 Å². The number of nitrogens with zero attached hydrogens (tertiary/aromatic N) is 2. The first-order chi connectivity index (χ1) is 13.6. The highest BCUT2D eigenvalue weighted by atomic mass is 16.6. The van der Waals surface area contributed by atoms with Gasteiger partial charge in [-0.2, -0.15) is 0 Å². The van der Waals surface area contributed by atoms with E-state index in [1.54, 1.807) is 11.9 Å². The van der Waals surface area contributed by atoms with Crippen LogP contribution < -0.4 is 16.0 Å². The molecule has 1 rings (SSSR count). The smallest absolute Gasteiger partial charge is 0.412 e. The first-order valence-electron chi connectivity index (χ1n) is 10.6. The van der Waals surface area contributed by atoms with Crippen LogP contribution in [-0.4, -0.2) is 73.0 Å². The zero-order valence-corrected chi connectivity index (χ0v) is 20.3. The monoisotopic (exact) mass is 427 g/mol. The van der Waals surface area contributed by atoms with E-state index >= 15 is 0 Å². The van der Waals surface area contributed by atoms with Crippen molar-refractivity contribution in [2.45, 2.75) is 85.8 Å². The lowest BCUT2D eigenvalue weighted by molar-refractivity contribution is -0.128. The molecule has 1 aliphatic rings. The standard InChI is InChI=1S/C21H41N5O4/c1-11-23-16(27)20(6,7)13-25-17(22-10)24-12-15-14(2)29-21(8,9)26(15)18(28)30-19(3,4)5/h14-15H,11-13H2,1-10H3,(H,23,27)(H2,22,24,25). The van der Waals surface area contributed by atoms with Crippen LogP contribution in [0, 0.1) is 5.41 Å². The number of aliphatic imine (C=N–C) groups is 1. The summed E-state index contributed by atoms with van der Waals surface area (Å²) in [7, 11) is 1.67. The lowest BCUT2D eigenvalue weighted by Gasteiger charge is -2.35. The number of hydrogen-bond donors (Lipinski definition) is 3. The molecular weight excluding hydrogens is 386 g/mol. The van der Waals surface area contributed by atoms with Gasteiger partial charge in [0, 0.05) is 26.7 Å². The maximum atomic E-state index is 12.8. The topological polar surface area (TPSA) is 104 Å². The minimum absolute atomic E-state index is 0.0244. The Morgan fingerprint density at radius 1 is 1.13 bits per heavy atom. The van der Waals surface area contributed by atoms with Gasteiger partial charge in [-0.3, -0.25) is 14.7 Å². The van der Waals surface area contributed by atoms with E-state index in [1.165, 1.54) is 0 Å². The average Bonchev–Trinajstić information content (AvgIpc) is 2.81. The number of carbonyl (C=O) groups excluding carboxylic acids is 2. The molecule has 0 radical (unpaired) electrons. The highest BCUT2D eigenvalue weighted by Gasteiger charge is 2.49. The van der Waals surface area contributed by atoms with Gasteiger partial charge in [0.2, 0.25) is 5.91 Å². The Morgan fingerprint density at radius 2 is 1.73 bits per heavy atom. The summed E-state index contributed by atoms with van der Waals surface area (Å²) in [6.45, 7) is 18.2. The van der Waals surface area contributed by atoms with Crippen LogP contribution in [0.3, 0.4) is 0 Å². The molecule has 0 saturated carbocycles. The van der Waals surface area contributed by atoms with E-state index < -0.39 is 22.8 Å². The molecule has 0 aliphatic carbocycles. The number of ether oxygens (including phenoxy) is 2. The molecule has 1 aliphatic heterocycles. The molecule has 3 N–H and O–H groups in total. The van der Waals surface area contributed by atoms with E-state index in [0.717, 1.165) is 0 Å². The van der Waals surface area contributed by atoms with E-state index in [4.69, 9.17) is 9.47 Å². The Labute approximate surface area is 181 Å². The third kappa shape index (κ3) is 7.04. The molecule has 1 saturated heterocycles. The Kier molecular flexibility index (Phi) is 8.54. The molecule has 2 amide bonds.